The maximum absolute atomic E-state index is 12.4. The number of nitrogen functional groups attached to an aromatic ring is 1. The zero-order valence-corrected chi connectivity index (χ0v) is 13.4. The van der Waals surface area contributed by atoms with E-state index in [4.69, 9.17) is 10.5 Å². The van der Waals surface area contributed by atoms with E-state index in [1.807, 2.05) is 18.2 Å². The first-order valence-corrected chi connectivity index (χ1v) is 8.30. The zero-order chi connectivity index (χ0) is 15.5. The molecular formula is C17H20N2O2S. The van der Waals surface area contributed by atoms with E-state index in [0.717, 1.165) is 18.4 Å². The first-order chi connectivity index (χ1) is 10.6. The summed E-state index contributed by atoms with van der Waals surface area (Å²) < 4.78 is 5.30. The van der Waals surface area contributed by atoms with E-state index in [9.17, 15) is 4.79 Å². The Labute approximate surface area is 134 Å². The number of benzene rings is 1. The smallest absolute Gasteiger partial charge is 0.227 e. The number of thiophene rings is 1. The summed E-state index contributed by atoms with van der Waals surface area (Å²) in [6.45, 7) is 3.39. The molecule has 0 unspecified atom stereocenters. The summed E-state index contributed by atoms with van der Waals surface area (Å²) in [4.78, 5) is 14.8. The molecular weight excluding hydrogens is 296 g/mol. The largest absolute Gasteiger partial charge is 0.397 e. The van der Waals surface area contributed by atoms with Crippen molar-refractivity contribution in [2.45, 2.75) is 19.8 Å². The van der Waals surface area contributed by atoms with Gasteiger partial charge >= 0.3 is 0 Å². The fraction of sp³-hybridized carbons (Fsp3) is 0.353. The van der Waals surface area contributed by atoms with Crippen molar-refractivity contribution in [2.24, 2.45) is 5.92 Å². The van der Waals surface area contributed by atoms with E-state index in [0.29, 0.717) is 24.6 Å². The molecule has 0 spiro atoms. The summed E-state index contributed by atoms with van der Waals surface area (Å²) in [6.07, 6.45) is 1.55. The molecule has 3 rings (SSSR count). The van der Waals surface area contributed by atoms with E-state index in [1.165, 1.54) is 9.75 Å². The minimum absolute atomic E-state index is 0.0146. The Hall–Kier alpha value is -1.85. The lowest BCUT2D eigenvalue weighted by atomic mass is 9.99. The number of ether oxygens (including phenoxy) is 1. The van der Waals surface area contributed by atoms with Crippen LogP contribution in [0.25, 0.3) is 10.4 Å². The standard InChI is InChI=1S/C17H20N2O2S/c1-11-2-5-16(22-11)13-3-4-14(18)15(10-13)19-17(20)12-6-8-21-9-7-12/h2-5,10,12H,6-9,18H2,1H3,(H,19,20). The van der Waals surface area contributed by atoms with Gasteiger partial charge in [0, 0.05) is 28.9 Å². The van der Waals surface area contributed by atoms with Crippen molar-refractivity contribution in [1.29, 1.82) is 0 Å². The second kappa shape index (κ2) is 6.50. The number of amides is 1. The van der Waals surface area contributed by atoms with E-state index >= 15 is 0 Å². The minimum Gasteiger partial charge on any atom is -0.397 e. The molecule has 0 bridgehead atoms. The van der Waals surface area contributed by atoms with Crippen LogP contribution in [0.15, 0.2) is 30.3 Å². The highest BCUT2D eigenvalue weighted by molar-refractivity contribution is 7.15. The lowest BCUT2D eigenvalue weighted by Gasteiger charge is -2.21. The van der Waals surface area contributed by atoms with Crippen LogP contribution in [0.4, 0.5) is 11.4 Å². The second-order valence-corrected chi connectivity index (χ2v) is 6.88. The molecule has 1 fully saturated rings. The number of rotatable bonds is 3. The number of carbonyl (C=O) groups is 1. The van der Waals surface area contributed by atoms with E-state index in [1.54, 1.807) is 11.3 Å². The summed E-state index contributed by atoms with van der Waals surface area (Å²) in [5, 5.41) is 2.98. The Balaban J connectivity index is 1.79. The lowest BCUT2D eigenvalue weighted by molar-refractivity contribution is -0.122. The molecule has 1 aromatic carbocycles. The fourth-order valence-electron chi connectivity index (χ4n) is 2.60. The first-order valence-electron chi connectivity index (χ1n) is 7.48. The summed E-state index contributed by atoms with van der Waals surface area (Å²) in [5.41, 5.74) is 8.38. The Kier molecular flexibility index (Phi) is 4.45. The minimum atomic E-state index is 0.0146. The highest BCUT2D eigenvalue weighted by atomic mass is 32.1. The van der Waals surface area contributed by atoms with Gasteiger partial charge in [-0.2, -0.15) is 0 Å². The summed E-state index contributed by atoms with van der Waals surface area (Å²) in [7, 11) is 0. The van der Waals surface area contributed by atoms with Crippen molar-refractivity contribution in [3.63, 3.8) is 0 Å². The third-order valence-corrected chi connectivity index (χ3v) is 4.98. The number of carbonyl (C=O) groups excluding carboxylic acids is 1. The predicted octanol–water partition coefficient (Wildman–Crippen LogP) is 3.67. The van der Waals surface area contributed by atoms with E-state index in [-0.39, 0.29) is 11.8 Å². The van der Waals surface area contributed by atoms with Crippen LogP contribution in [-0.4, -0.2) is 19.1 Å². The molecule has 116 valence electrons. The van der Waals surface area contributed by atoms with Gasteiger partial charge in [0.25, 0.3) is 0 Å². The Bertz CT molecular complexity index is 675. The molecule has 0 radical (unpaired) electrons. The number of hydrogen-bond acceptors (Lipinski definition) is 4. The normalized spacial score (nSPS) is 15.7. The third-order valence-electron chi connectivity index (χ3n) is 3.93. The summed E-state index contributed by atoms with van der Waals surface area (Å²) in [6, 6.07) is 9.98. The average molecular weight is 316 g/mol. The van der Waals surface area contributed by atoms with Crippen LogP contribution in [0.5, 0.6) is 0 Å². The highest BCUT2D eigenvalue weighted by Gasteiger charge is 2.22. The fourth-order valence-corrected chi connectivity index (χ4v) is 3.47. The molecule has 1 amide bonds. The van der Waals surface area contributed by atoms with Gasteiger partial charge in [0.2, 0.25) is 5.91 Å². The van der Waals surface area contributed by atoms with Gasteiger partial charge < -0.3 is 15.8 Å². The molecule has 0 atom stereocenters. The quantitative estimate of drug-likeness (QED) is 0.849. The summed E-state index contributed by atoms with van der Waals surface area (Å²) >= 11 is 1.73. The molecule has 2 heterocycles. The zero-order valence-electron chi connectivity index (χ0n) is 12.6. The lowest BCUT2D eigenvalue weighted by Crippen LogP contribution is -2.28. The maximum Gasteiger partial charge on any atom is 0.227 e. The number of nitrogens with one attached hydrogen (secondary N) is 1. The number of aryl methyl sites for hydroxylation is 1. The SMILES string of the molecule is Cc1ccc(-c2ccc(N)c(NC(=O)C3CCOCC3)c2)s1. The molecule has 1 aromatic heterocycles. The van der Waals surface area contributed by atoms with Crippen molar-refractivity contribution in [3.8, 4) is 10.4 Å². The summed E-state index contributed by atoms with van der Waals surface area (Å²) in [5.74, 6) is 0.0512. The maximum atomic E-state index is 12.4. The van der Waals surface area contributed by atoms with E-state index in [2.05, 4.69) is 24.4 Å². The number of hydrogen-bond donors (Lipinski definition) is 2. The Morgan fingerprint density at radius 2 is 2.05 bits per heavy atom. The molecule has 3 N–H and O–H groups in total. The van der Waals surface area contributed by atoms with Gasteiger partial charge in [-0.1, -0.05) is 6.07 Å². The van der Waals surface area contributed by atoms with Gasteiger partial charge in [0.15, 0.2) is 0 Å². The number of anilines is 2. The van der Waals surface area contributed by atoms with Crippen LogP contribution in [0.2, 0.25) is 0 Å². The van der Waals surface area contributed by atoms with Crippen molar-refractivity contribution in [1.82, 2.24) is 0 Å². The highest BCUT2D eigenvalue weighted by Crippen LogP contribution is 2.32. The van der Waals surface area contributed by atoms with Gasteiger partial charge in [-0.25, -0.2) is 0 Å². The predicted molar refractivity (Wildman–Crippen MR) is 91.1 cm³/mol. The van der Waals surface area contributed by atoms with Crippen LogP contribution >= 0.6 is 11.3 Å². The van der Waals surface area contributed by atoms with Gasteiger partial charge in [-0.3, -0.25) is 4.79 Å². The Morgan fingerprint density at radius 1 is 1.27 bits per heavy atom. The van der Waals surface area contributed by atoms with Crippen LogP contribution in [0.3, 0.4) is 0 Å². The molecule has 0 saturated carbocycles. The molecule has 1 aliphatic heterocycles. The molecule has 1 aliphatic rings. The van der Waals surface area contributed by atoms with Crippen LogP contribution in [0, 0.1) is 12.8 Å². The van der Waals surface area contributed by atoms with Gasteiger partial charge in [0.05, 0.1) is 11.4 Å². The molecule has 0 aliphatic carbocycles. The molecule has 1 saturated heterocycles. The van der Waals surface area contributed by atoms with Crippen molar-refractivity contribution in [3.05, 3.63) is 35.2 Å². The van der Waals surface area contributed by atoms with Gasteiger partial charge in [-0.05, 0) is 49.6 Å². The van der Waals surface area contributed by atoms with Gasteiger partial charge in [-0.15, -0.1) is 11.3 Å². The third kappa shape index (κ3) is 3.31. The van der Waals surface area contributed by atoms with Crippen LogP contribution in [0.1, 0.15) is 17.7 Å². The second-order valence-electron chi connectivity index (χ2n) is 5.59. The van der Waals surface area contributed by atoms with Crippen molar-refractivity contribution < 1.29 is 9.53 Å². The van der Waals surface area contributed by atoms with Crippen LogP contribution in [-0.2, 0) is 9.53 Å². The first kappa shape index (κ1) is 15.1. The van der Waals surface area contributed by atoms with Crippen molar-refractivity contribution in [2.75, 3.05) is 24.3 Å². The van der Waals surface area contributed by atoms with Gasteiger partial charge in [0.1, 0.15) is 0 Å². The monoisotopic (exact) mass is 316 g/mol. The Morgan fingerprint density at radius 3 is 2.73 bits per heavy atom. The van der Waals surface area contributed by atoms with Crippen LogP contribution < -0.4 is 11.1 Å². The average Bonchev–Trinajstić information content (AvgIpc) is 2.97. The molecule has 2 aromatic rings. The molecule has 4 nitrogen and oxygen atoms in total. The number of nitrogens with two attached hydrogens (primary N) is 1. The van der Waals surface area contributed by atoms with Crippen molar-refractivity contribution >= 4 is 28.6 Å². The van der Waals surface area contributed by atoms with E-state index < -0.39 is 0 Å². The topological polar surface area (TPSA) is 64.3 Å². The molecule has 5 heteroatoms. The molecule has 22 heavy (non-hydrogen) atoms.